The second-order valence-corrected chi connectivity index (χ2v) is 16.8. The van der Waals surface area contributed by atoms with Gasteiger partial charge in [0, 0.05) is 45.6 Å². The largest absolute Gasteiger partial charge is 0.445 e. The van der Waals surface area contributed by atoms with Crippen molar-refractivity contribution in [2.75, 3.05) is 40.1 Å². The first-order chi connectivity index (χ1) is 29.1. The number of rotatable bonds is 25. The van der Waals surface area contributed by atoms with Crippen LogP contribution in [0.5, 0.6) is 0 Å². The lowest BCUT2D eigenvalue weighted by atomic mass is 9.81. The van der Waals surface area contributed by atoms with Crippen LogP contribution >= 0.6 is 0 Å². The average molecular weight is 837 g/mol. The Morgan fingerprint density at radius 1 is 0.833 bits per heavy atom. The van der Waals surface area contributed by atoms with Crippen LogP contribution in [0.15, 0.2) is 60.7 Å². The van der Waals surface area contributed by atoms with Gasteiger partial charge in [-0.15, -0.1) is 0 Å². The molecule has 60 heavy (non-hydrogen) atoms. The molecule has 13 nitrogen and oxygen atoms in total. The maximum absolute atomic E-state index is 14.4. The third kappa shape index (κ3) is 17.1. The van der Waals surface area contributed by atoms with Crippen LogP contribution in [0.25, 0.3) is 0 Å². The first-order valence-electron chi connectivity index (χ1n) is 22.4. The van der Waals surface area contributed by atoms with Gasteiger partial charge in [-0.3, -0.25) is 14.4 Å². The molecule has 0 unspecified atom stereocenters. The van der Waals surface area contributed by atoms with E-state index < -0.39 is 36.4 Å². The van der Waals surface area contributed by atoms with E-state index in [9.17, 15) is 24.3 Å². The lowest BCUT2D eigenvalue weighted by Crippen LogP contribution is -2.52. The van der Waals surface area contributed by atoms with Crippen molar-refractivity contribution in [1.82, 2.24) is 20.9 Å². The molecule has 1 heterocycles. The fraction of sp³-hybridized carbons (Fsp3) is 0.660. The Bertz CT molecular complexity index is 1530. The van der Waals surface area contributed by atoms with Crippen molar-refractivity contribution in [2.45, 2.75) is 141 Å². The molecule has 2 aromatic rings. The van der Waals surface area contributed by atoms with Crippen molar-refractivity contribution in [2.24, 2.45) is 17.8 Å². The maximum Gasteiger partial charge on any atom is 0.407 e. The Morgan fingerprint density at radius 3 is 2.12 bits per heavy atom. The molecule has 1 saturated heterocycles. The minimum absolute atomic E-state index is 0.0117. The summed E-state index contributed by atoms with van der Waals surface area (Å²) in [5, 5.41) is 20.7. The topological polar surface area (TPSA) is 165 Å². The Balaban J connectivity index is 1.42. The Hall–Kier alpha value is -4.04. The molecule has 0 spiro atoms. The van der Waals surface area contributed by atoms with Gasteiger partial charge in [0.1, 0.15) is 25.6 Å². The molecule has 4 amide bonds. The van der Waals surface area contributed by atoms with Crippen LogP contribution < -0.4 is 16.0 Å². The summed E-state index contributed by atoms with van der Waals surface area (Å²) in [6, 6.07) is 18.5. The second-order valence-electron chi connectivity index (χ2n) is 16.8. The lowest BCUT2D eigenvalue weighted by molar-refractivity contribution is -0.157. The minimum atomic E-state index is -1.00. The van der Waals surface area contributed by atoms with Gasteiger partial charge in [-0.25, -0.2) is 4.79 Å². The highest BCUT2D eigenvalue weighted by molar-refractivity contribution is 5.84. The molecule has 4 rings (SSSR count). The number of nitrogens with zero attached hydrogens (tertiary/aromatic N) is 1. The van der Waals surface area contributed by atoms with Gasteiger partial charge in [-0.1, -0.05) is 126 Å². The number of amides is 4. The van der Waals surface area contributed by atoms with Gasteiger partial charge >= 0.3 is 6.09 Å². The summed E-state index contributed by atoms with van der Waals surface area (Å²) in [6.45, 7) is 7.71. The van der Waals surface area contributed by atoms with E-state index >= 15 is 0 Å². The van der Waals surface area contributed by atoms with Crippen LogP contribution in [0.3, 0.4) is 0 Å². The van der Waals surface area contributed by atoms with Crippen molar-refractivity contribution in [3.05, 3.63) is 71.8 Å². The zero-order valence-electron chi connectivity index (χ0n) is 36.5. The van der Waals surface area contributed by atoms with E-state index in [1.165, 1.54) is 6.42 Å². The number of aliphatic hydroxyl groups is 1. The molecular formula is C47H72N4O9. The molecule has 2 aromatic carbocycles. The molecule has 2 fully saturated rings. The molecule has 334 valence electrons. The summed E-state index contributed by atoms with van der Waals surface area (Å²) >= 11 is 0. The summed E-state index contributed by atoms with van der Waals surface area (Å²) < 4.78 is 22.7. The highest BCUT2D eigenvalue weighted by atomic mass is 16.7. The molecule has 2 aliphatic rings. The van der Waals surface area contributed by atoms with E-state index in [4.69, 9.17) is 18.9 Å². The van der Waals surface area contributed by atoms with E-state index in [0.717, 1.165) is 49.7 Å². The smallest absolute Gasteiger partial charge is 0.407 e. The van der Waals surface area contributed by atoms with Crippen LogP contribution in [0.1, 0.15) is 109 Å². The number of hydrogen-bond donors (Lipinski definition) is 4. The van der Waals surface area contributed by atoms with Crippen LogP contribution in [-0.2, 0) is 46.4 Å². The fourth-order valence-electron chi connectivity index (χ4n) is 8.21. The highest BCUT2D eigenvalue weighted by Crippen LogP contribution is 2.30. The molecule has 4 N–H and O–H groups in total. The van der Waals surface area contributed by atoms with Crippen molar-refractivity contribution in [1.29, 1.82) is 0 Å². The van der Waals surface area contributed by atoms with Gasteiger partial charge in [0.05, 0.1) is 18.2 Å². The monoisotopic (exact) mass is 837 g/mol. The van der Waals surface area contributed by atoms with Gasteiger partial charge in [0.2, 0.25) is 11.8 Å². The molecule has 5 atom stereocenters. The number of ether oxygens (including phenoxy) is 4. The van der Waals surface area contributed by atoms with Crippen molar-refractivity contribution in [3.63, 3.8) is 0 Å². The summed E-state index contributed by atoms with van der Waals surface area (Å²) in [7, 11) is 1.59. The number of aliphatic hydroxyl groups excluding tert-OH is 1. The molecule has 0 bridgehead atoms. The van der Waals surface area contributed by atoms with Crippen LogP contribution in [0.4, 0.5) is 4.79 Å². The fourth-order valence-corrected chi connectivity index (χ4v) is 8.21. The summed E-state index contributed by atoms with van der Waals surface area (Å²) in [5.74, 6) is -1.04. The average Bonchev–Trinajstić information content (AvgIpc) is 3.27. The zero-order chi connectivity index (χ0) is 43.1. The van der Waals surface area contributed by atoms with E-state index in [2.05, 4.69) is 22.9 Å². The van der Waals surface area contributed by atoms with Crippen LogP contribution in [-0.4, -0.2) is 104 Å². The van der Waals surface area contributed by atoms with Gasteiger partial charge in [-0.05, 0) is 55.1 Å². The third-order valence-corrected chi connectivity index (χ3v) is 11.8. The number of unbranched alkanes of at least 4 members (excludes halogenated alkanes) is 1. The quantitative estimate of drug-likeness (QED) is 0.0664. The predicted molar refractivity (Wildman–Crippen MR) is 231 cm³/mol. The van der Waals surface area contributed by atoms with E-state index in [-0.39, 0.29) is 62.7 Å². The van der Waals surface area contributed by atoms with Crippen molar-refractivity contribution in [3.8, 4) is 0 Å². The number of methoxy groups -OCH3 is 1. The van der Waals surface area contributed by atoms with E-state index in [1.807, 2.05) is 79.4 Å². The molecule has 13 heteroatoms. The van der Waals surface area contributed by atoms with Crippen LogP contribution in [0, 0.1) is 17.8 Å². The number of hydrogen-bond acceptors (Lipinski definition) is 9. The number of benzene rings is 2. The Morgan fingerprint density at radius 2 is 1.48 bits per heavy atom. The minimum Gasteiger partial charge on any atom is -0.445 e. The summed E-state index contributed by atoms with van der Waals surface area (Å²) in [6.07, 6.45) is 6.45. The van der Waals surface area contributed by atoms with Crippen LogP contribution in [0.2, 0.25) is 0 Å². The van der Waals surface area contributed by atoms with E-state index in [0.29, 0.717) is 51.1 Å². The number of carbonyl (C=O) groups excluding carboxylic acids is 4. The normalized spacial score (nSPS) is 17.6. The summed E-state index contributed by atoms with van der Waals surface area (Å²) in [5.41, 5.74) is 1.81. The number of carbonyl (C=O) groups is 4. The summed E-state index contributed by atoms with van der Waals surface area (Å²) in [4.78, 5) is 56.2. The number of piperidine rings is 1. The first kappa shape index (κ1) is 48.6. The standard InChI is InChI=1S/C47H72N4O9/c1-5-6-22-42(60-43(30-36-18-12-8-13-19-36)46(55)51-27-23-38(24-28-51)59-33-57-4)45(54)50-40(29-35-16-10-7-11-17-35)41(52)31-39(34(2)3)44(53)48-25-26-49-47(56)58-32-37-20-14-9-15-21-37/h8-9,12-15,18-21,34-35,38-43,52H,5-7,10-11,16-17,22-33H2,1-4H3,(H,48,53)(H,49,56)(H,50,54)/t39-,40-,41-,42-,43-/m0/s1. The molecule has 1 aliphatic heterocycles. The second kappa shape index (κ2) is 27.0. The SMILES string of the molecule is CCCC[C@H](O[C@@H](Cc1ccccc1)C(=O)N1CCC(OCOC)CC1)C(=O)N[C@@H](CC1CCCCC1)[C@@H](O)C[C@H](C(=O)NCCNC(=O)OCc1ccccc1)C(C)C. The maximum atomic E-state index is 14.4. The van der Waals surface area contributed by atoms with Gasteiger partial charge in [-0.2, -0.15) is 0 Å². The van der Waals surface area contributed by atoms with Gasteiger partial charge < -0.3 is 44.9 Å². The first-order valence-corrected chi connectivity index (χ1v) is 22.4. The van der Waals surface area contributed by atoms with Crippen molar-refractivity contribution >= 4 is 23.8 Å². The number of alkyl carbamates (subject to hydrolysis) is 1. The molecule has 1 saturated carbocycles. The van der Waals surface area contributed by atoms with Gasteiger partial charge in [0.25, 0.3) is 5.91 Å². The van der Waals surface area contributed by atoms with Crippen molar-refractivity contribution < 1.29 is 43.2 Å². The van der Waals surface area contributed by atoms with Gasteiger partial charge in [0.15, 0.2) is 0 Å². The molecule has 1 aliphatic carbocycles. The van der Waals surface area contributed by atoms with E-state index in [1.54, 1.807) is 7.11 Å². The molecule has 0 radical (unpaired) electrons. The molecular weight excluding hydrogens is 765 g/mol. The third-order valence-electron chi connectivity index (χ3n) is 11.8. The zero-order valence-corrected chi connectivity index (χ0v) is 36.5. The highest BCUT2D eigenvalue weighted by Gasteiger charge is 2.36. The Kier molecular flexibility index (Phi) is 21.9. The number of nitrogens with one attached hydrogen (secondary N) is 3. The predicted octanol–water partition coefficient (Wildman–Crippen LogP) is 6.31. The Labute approximate surface area is 358 Å². The molecule has 0 aromatic heterocycles. The number of likely N-dealkylation sites (tertiary alicyclic amines) is 1. The lowest BCUT2D eigenvalue weighted by Gasteiger charge is -2.36.